The van der Waals surface area contributed by atoms with Crippen molar-refractivity contribution in [3.05, 3.63) is 24.4 Å². The number of hydrogen-bond donors (Lipinski definition) is 0. The first-order valence-corrected chi connectivity index (χ1v) is 9.65. The lowest BCUT2D eigenvalue weighted by atomic mass is 10.2. The van der Waals surface area contributed by atoms with E-state index in [-0.39, 0.29) is 29.2 Å². The van der Waals surface area contributed by atoms with Crippen molar-refractivity contribution in [1.82, 2.24) is 19.5 Å². The van der Waals surface area contributed by atoms with Crippen LogP contribution in [0, 0.1) is 0 Å². The van der Waals surface area contributed by atoms with Gasteiger partial charge in [0.15, 0.2) is 20.6 Å². The van der Waals surface area contributed by atoms with Gasteiger partial charge in [-0.3, -0.25) is 9.20 Å². The van der Waals surface area contributed by atoms with Gasteiger partial charge in [-0.25, -0.2) is 8.42 Å². The van der Waals surface area contributed by atoms with Crippen LogP contribution in [0.25, 0.3) is 5.65 Å². The van der Waals surface area contributed by atoms with Gasteiger partial charge in [0.1, 0.15) is 0 Å². The predicted molar refractivity (Wildman–Crippen MR) is 83.5 cm³/mol. The van der Waals surface area contributed by atoms with Gasteiger partial charge in [0.05, 0.1) is 17.3 Å². The van der Waals surface area contributed by atoms with Gasteiger partial charge in [-0.2, -0.15) is 0 Å². The van der Waals surface area contributed by atoms with Gasteiger partial charge in [0.2, 0.25) is 5.91 Å². The molecule has 1 saturated heterocycles. The maximum absolute atomic E-state index is 12.2. The number of nitrogens with zero attached hydrogens (tertiary/aromatic N) is 4. The van der Waals surface area contributed by atoms with Crippen LogP contribution in [0.3, 0.4) is 0 Å². The van der Waals surface area contributed by atoms with Crippen molar-refractivity contribution in [2.45, 2.75) is 17.6 Å². The Labute approximate surface area is 132 Å². The van der Waals surface area contributed by atoms with E-state index >= 15 is 0 Å². The summed E-state index contributed by atoms with van der Waals surface area (Å²) < 4.78 is 24.8. The van der Waals surface area contributed by atoms with Crippen molar-refractivity contribution in [1.29, 1.82) is 0 Å². The fourth-order valence-electron chi connectivity index (χ4n) is 2.43. The van der Waals surface area contributed by atoms with Crippen molar-refractivity contribution in [2.24, 2.45) is 0 Å². The Balaban J connectivity index is 1.63. The quantitative estimate of drug-likeness (QED) is 0.752. The van der Waals surface area contributed by atoms with E-state index in [9.17, 15) is 13.2 Å². The molecule has 0 aromatic carbocycles. The molecule has 1 amide bonds. The maximum Gasteiger partial charge on any atom is 0.233 e. The molecule has 7 nitrogen and oxygen atoms in total. The molecule has 0 saturated carbocycles. The molecule has 118 valence electrons. The largest absolute Gasteiger partial charge is 0.341 e. The molecule has 3 heterocycles. The van der Waals surface area contributed by atoms with Gasteiger partial charge < -0.3 is 4.90 Å². The van der Waals surface area contributed by atoms with Crippen LogP contribution in [0.4, 0.5) is 0 Å². The summed E-state index contributed by atoms with van der Waals surface area (Å²) in [6.45, 7) is 0. The summed E-state index contributed by atoms with van der Waals surface area (Å²) in [4.78, 5) is 13.8. The minimum Gasteiger partial charge on any atom is -0.341 e. The van der Waals surface area contributed by atoms with Crippen LogP contribution >= 0.6 is 11.8 Å². The molecule has 1 atom stereocenters. The molecule has 2 aromatic heterocycles. The second-order valence-corrected chi connectivity index (χ2v) is 8.43. The lowest BCUT2D eigenvalue weighted by Gasteiger charge is -2.23. The van der Waals surface area contributed by atoms with Gasteiger partial charge in [-0.1, -0.05) is 17.8 Å². The number of fused-ring (bicyclic) bond motifs is 1. The Morgan fingerprint density at radius 3 is 3.00 bits per heavy atom. The Bertz CT molecular complexity index is 802. The number of aromatic nitrogens is 3. The summed E-state index contributed by atoms with van der Waals surface area (Å²) in [6.07, 6.45) is 2.36. The number of carbonyl (C=O) groups excluding carboxylic acids is 1. The topological polar surface area (TPSA) is 84.6 Å². The number of carbonyl (C=O) groups is 1. The van der Waals surface area contributed by atoms with E-state index < -0.39 is 9.84 Å². The Morgan fingerprint density at radius 1 is 1.45 bits per heavy atom. The molecule has 1 aliphatic rings. The second-order valence-electron chi connectivity index (χ2n) is 5.26. The fourth-order valence-corrected chi connectivity index (χ4v) is 5.05. The summed E-state index contributed by atoms with van der Waals surface area (Å²) in [5.74, 6) is 0.341. The number of thioether (sulfide) groups is 1. The van der Waals surface area contributed by atoms with Gasteiger partial charge in [0, 0.05) is 19.3 Å². The highest BCUT2D eigenvalue weighted by Crippen LogP contribution is 2.20. The summed E-state index contributed by atoms with van der Waals surface area (Å²) in [5, 5.41) is 8.73. The number of pyridine rings is 1. The van der Waals surface area contributed by atoms with Crippen molar-refractivity contribution in [3.63, 3.8) is 0 Å². The fraction of sp³-hybridized carbons (Fsp3) is 0.462. The van der Waals surface area contributed by atoms with Crippen molar-refractivity contribution in [3.8, 4) is 0 Å². The number of amides is 1. The van der Waals surface area contributed by atoms with E-state index in [1.807, 2.05) is 28.8 Å². The first kappa shape index (κ1) is 15.3. The first-order chi connectivity index (χ1) is 10.5. The minimum atomic E-state index is -2.99. The molecular formula is C13H16N4O3S2. The molecule has 22 heavy (non-hydrogen) atoms. The highest BCUT2D eigenvalue weighted by atomic mass is 32.2. The van der Waals surface area contributed by atoms with Gasteiger partial charge in [-0.15, -0.1) is 10.2 Å². The van der Waals surface area contributed by atoms with Crippen LogP contribution in [0.1, 0.15) is 6.42 Å². The van der Waals surface area contributed by atoms with Gasteiger partial charge in [-0.05, 0) is 18.6 Å². The van der Waals surface area contributed by atoms with Crippen LogP contribution in [0.5, 0.6) is 0 Å². The van der Waals surface area contributed by atoms with E-state index in [1.165, 1.54) is 11.8 Å². The molecule has 1 aliphatic heterocycles. The molecule has 3 rings (SSSR count). The third kappa shape index (κ3) is 3.09. The molecule has 9 heteroatoms. The molecule has 0 bridgehead atoms. The average Bonchev–Trinajstić information content (AvgIpc) is 3.07. The second kappa shape index (κ2) is 5.88. The van der Waals surface area contributed by atoms with Crippen molar-refractivity contribution >= 4 is 33.2 Å². The molecule has 0 radical (unpaired) electrons. The number of sulfone groups is 1. The first-order valence-electron chi connectivity index (χ1n) is 6.85. The zero-order valence-electron chi connectivity index (χ0n) is 12.0. The van der Waals surface area contributed by atoms with Gasteiger partial charge in [0.25, 0.3) is 0 Å². The number of rotatable bonds is 4. The third-order valence-electron chi connectivity index (χ3n) is 3.76. The van der Waals surface area contributed by atoms with Crippen LogP contribution < -0.4 is 0 Å². The van der Waals surface area contributed by atoms with Crippen LogP contribution in [0.15, 0.2) is 29.6 Å². The summed E-state index contributed by atoms with van der Waals surface area (Å²) in [7, 11) is -1.33. The lowest BCUT2D eigenvalue weighted by Crippen LogP contribution is -2.38. The summed E-state index contributed by atoms with van der Waals surface area (Å²) in [5.41, 5.74) is 0.729. The zero-order chi connectivity index (χ0) is 15.7. The monoisotopic (exact) mass is 340 g/mol. The highest BCUT2D eigenvalue weighted by molar-refractivity contribution is 7.99. The Kier molecular flexibility index (Phi) is 4.09. The van der Waals surface area contributed by atoms with Crippen LogP contribution in [-0.2, 0) is 14.6 Å². The van der Waals surface area contributed by atoms with Gasteiger partial charge >= 0.3 is 0 Å². The van der Waals surface area contributed by atoms with Crippen LogP contribution in [0.2, 0.25) is 0 Å². The van der Waals surface area contributed by atoms with E-state index in [0.29, 0.717) is 11.6 Å². The predicted octanol–water partition coefficient (Wildman–Crippen LogP) is 0.467. The normalized spacial score (nSPS) is 20.3. The van der Waals surface area contributed by atoms with Crippen LogP contribution in [-0.4, -0.2) is 64.2 Å². The third-order valence-corrected chi connectivity index (χ3v) is 6.43. The summed E-state index contributed by atoms with van der Waals surface area (Å²) in [6, 6.07) is 5.37. The number of hydrogen-bond acceptors (Lipinski definition) is 6. The molecule has 0 spiro atoms. The molecule has 2 aromatic rings. The molecule has 1 fully saturated rings. The van der Waals surface area contributed by atoms with Crippen molar-refractivity contribution < 1.29 is 13.2 Å². The van der Waals surface area contributed by atoms with E-state index in [0.717, 1.165) is 5.65 Å². The maximum atomic E-state index is 12.2. The SMILES string of the molecule is CN(C(=O)CSc1nnc2ccccn12)[C@@H]1CCS(=O)(=O)C1. The van der Waals surface area contributed by atoms with E-state index in [2.05, 4.69) is 10.2 Å². The average molecular weight is 340 g/mol. The van der Waals surface area contributed by atoms with E-state index in [1.54, 1.807) is 11.9 Å². The molecular weight excluding hydrogens is 324 g/mol. The minimum absolute atomic E-state index is 0.0633. The Hall–Kier alpha value is -1.61. The lowest BCUT2D eigenvalue weighted by molar-refractivity contribution is -0.128. The zero-order valence-corrected chi connectivity index (χ0v) is 13.7. The smallest absolute Gasteiger partial charge is 0.233 e. The van der Waals surface area contributed by atoms with Crippen molar-refractivity contribution in [2.75, 3.05) is 24.3 Å². The Morgan fingerprint density at radius 2 is 2.27 bits per heavy atom. The van der Waals surface area contributed by atoms with E-state index in [4.69, 9.17) is 0 Å². The standard InChI is InChI=1S/C13H16N4O3S2/c1-16(10-5-7-22(19,20)9-10)12(18)8-21-13-15-14-11-4-2-3-6-17(11)13/h2-4,6,10H,5,7-9H2,1H3/t10-/m1/s1. The molecule has 0 N–H and O–H groups in total. The molecule has 0 unspecified atom stereocenters. The molecule has 0 aliphatic carbocycles. The summed E-state index contributed by atoms with van der Waals surface area (Å²) >= 11 is 1.30. The highest BCUT2D eigenvalue weighted by Gasteiger charge is 2.32.